The Hall–Kier alpha value is -1.02. The first-order valence-corrected chi connectivity index (χ1v) is 7.38. The van der Waals surface area contributed by atoms with Crippen LogP contribution in [0.15, 0.2) is 24.3 Å². The molecule has 0 radical (unpaired) electrons. The molecule has 0 unspecified atom stereocenters. The first-order chi connectivity index (χ1) is 8.76. The zero-order valence-corrected chi connectivity index (χ0v) is 11.7. The molecule has 0 heterocycles. The largest absolute Gasteiger partial charge is 0.369 e. The summed E-state index contributed by atoms with van der Waals surface area (Å²) in [7, 11) is 0. The molecule has 100 valence electrons. The summed E-state index contributed by atoms with van der Waals surface area (Å²) in [6, 6.07) is 9.87. The molecule has 1 aromatic rings. The standard InChI is InChI=1S/C16H26N2/c1-3-5-12-18(15-10-11-15)14-8-6-13(7-9-14)16(17)4-2/h6-9,15-16H,3-5,10-12,17H2,1-2H3/t16-/m1/s1. The lowest BCUT2D eigenvalue weighted by Gasteiger charge is -2.25. The van der Waals surface area contributed by atoms with Crippen molar-refractivity contribution in [3.63, 3.8) is 0 Å². The number of benzene rings is 1. The third kappa shape index (κ3) is 3.26. The highest BCUT2D eigenvalue weighted by atomic mass is 15.2. The van der Waals surface area contributed by atoms with Crippen LogP contribution in [0, 0.1) is 0 Å². The van der Waals surface area contributed by atoms with Crippen LogP contribution in [-0.4, -0.2) is 12.6 Å². The molecule has 1 aliphatic carbocycles. The number of nitrogens with zero attached hydrogens (tertiary/aromatic N) is 1. The molecule has 0 saturated heterocycles. The third-order valence-electron chi connectivity index (χ3n) is 3.83. The zero-order valence-electron chi connectivity index (χ0n) is 11.7. The van der Waals surface area contributed by atoms with Crippen LogP contribution in [0.5, 0.6) is 0 Å². The SMILES string of the molecule is CCCCN(c1ccc([C@H](N)CC)cc1)C1CC1. The van der Waals surface area contributed by atoms with E-state index in [4.69, 9.17) is 5.73 Å². The predicted octanol–water partition coefficient (Wildman–Crippen LogP) is 3.87. The zero-order chi connectivity index (χ0) is 13.0. The minimum atomic E-state index is 0.184. The minimum Gasteiger partial charge on any atom is -0.369 e. The molecule has 18 heavy (non-hydrogen) atoms. The van der Waals surface area contributed by atoms with Crippen LogP contribution in [0.1, 0.15) is 57.6 Å². The van der Waals surface area contributed by atoms with Gasteiger partial charge in [-0.05, 0) is 43.4 Å². The summed E-state index contributed by atoms with van der Waals surface area (Å²) in [4.78, 5) is 2.57. The number of anilines is 1. The molecular weight excluding hydrogens is 220 g/mol. The van der Waals surface area contributed by atoms with Crippen molar-refractivity contribution in [1.29, 1.82) is 0 Å². The van der Waals surface area contributed by atoms with Gasteiger partial charge in [-0.15, -0.1) is 0 Å². The maximum Gasteiger partial charge on any atom is 0.0368 e. The van der Waals surface area contributed by atoms with Gasteiger partial charge >= 0.3 is 0 Å². The normalized spacial score (nSPS) is 16.6. The lowest BCUT2D eigenvalue weighted by molar-refractivity contribution is 0.695. The van der Waals surface area contributed by atoms with E-state index in [0.717, 1.165) is 12.5 Å². The average Bonchev–Trinajstić information content (AvgIpc) is 3.24. The molecule has 1 fully saturated rings. The van der Waals surface area contributed by atoms with E-state index in [0.29, 0.717) is 0 Å². The topological polar surface area (TPSA) is 29.3 Å². The van der Waals surface area contributed by atoms with E-state index < -0.39 is 0 Å². The molecule has 2 N–H and O–H groups in total. The highest BCUT2D eigenvalue weighted by molar-refractivity contribution is 5.50. The van der Waals surface area contributed by atoms with Gasteiger partial charge in [0.25, 0.3) is 0 Å². The van der Waals surface area contributed by atoms with E-state index in [-0.39, 0.29) is 6.04 Å². The fourth-order valence-electron chi connectivity index (χ4n) is 2.39. The van der Waals surface area contributed by atoms with Gasteiger partial charge < -0.3 is 10.6 Å². The first-order valence-electron chi connectivity index (χ1n) is 7.38. The monoisotopic (exact) mass is 246 g/mol. The number of unbranched alkanes of at least 4 members (excludes halogenated alkanes) is 1. The molecular formula is C16H26N2. The Bertz CT molecular complexity index is 354. The quantitative estimate of drug-likeness (QED) is 0.791. The van der Waals surface area contributed by atoms with Crippen LogP contribution in [0.4, 0.5) is 5.69 Å². The molecule has 2 nitrogen and oxygen atoms in total. The van der Waals surface area contributed by atoms with Crippen molar-refractivity contribution < 1.29 is 0 Å². The summed E-state index contributed by atoms with van der Waals surface area (Å²) in [5.74, 6) is 0. The molecule has 2 rings (SSSR count). The first kappa shape index (κ1) is 13.4. The third-order valence-corrected chi connectivity index (χ3v) is 3.83. The molecule has 2 heteroatoms. The molecule has 0 bridgehead atoms. The Morgan fingerprint density at radius 3 is 2.39 bits per heavy atom. The molecule has 0 aromatic heterocycles. The Balaban J connectivity index is 2.05. The van der Waals surface area contributed by atoms with E-state index in [1.54, 1.807) is 0 Å². The van der Waals surface area contributed by atoms with Gasteiger partial charge in [-0.3, -0.25) is 0 Å². The van der Waals surface area contributed by atoms with Crippen molar-refractivity contribution in [2.24, 2.45) is 5.73 Å². The molecule has 1 aromatic carbocycles. The molecule has 0 amide bonds. The van der Waals surface area contributed by atoms with E-state index in [1.807, 2.05) is 0 Å². The molecule has 0 spiro atoms. The lowest BCUT2D eigenvalue weighted by atomic mass is 10.0. The van der Waals surface area contributed by atoms with Gasteiger partial charge in [0.2, 0.25) is 0 Å². The number of hydrogen-bond donors (Lipinski definition) is 1. The van der Waals surface area contributed by atoms with Gasteiger partial charge in [-0.2, -0.15) is 0 Å². The van der Waals surface area contributed by atoms with E-state index in [2.05, 4.69) is 43.0 Å². The fourth-order valence-corrected chi connectivity index (χ4v) is 2.39. The van der Waals surface area contributed by atoms with E-state index in [9.17, 15) is 0 Å². The summed E-state index contributed by atoms with van der Waals surface area (Å²) in [5.41, 5.74) is 8.69. The number of nitrogens with two attached hydrogens (primary N) is 1. The van der Waals surface area contributed by atoms with Crippen LogP contribution in [0.3, 0.4) is 0 Å². The highest BCUT2D eigenvalue weighted by Gasteiger charge is 2.28. The van der Waals surface area contributed by atoms with Gasteiger partial charge in [0.1, 0.15) is 0 Å². The van der Waals surface area contributed by atoms with Crippen molar-refractivity contribution in [3.8, 4) is 0 Å². The summed E-state index contributed by atoms with van der Waals surface area (Å²) in [6.07, 6.45) is 6.27. The fraction of sp³-hybridized carbons (Fsp3) is 0.625. The van der Waals surface area contributed by atoms with E-state index >= 15 is 0 Å². The molecule has 0 aliphatic heterocycles. The van der Waals surface area contributed by atoms with E-state index in [1.165, 1.54) is 43.5 Å². The summed E-state index contributed by atoms with van der Waals surface area (Å²) >= 11 is 0. The van der Waals surface area contributed by atoms with Crippen molar-refractivity contribution in [1.82, 2.24) is 0 Å². The van der Waals surface area contributed by atoms with Crippen LogP contribution in [-0.2, 0) is 0 Å². The maximum absolute atomic E-state index is 6.06. The van der Waals surface area contributed by atoms with Crippen molar-refractivity contribution in [2.45, 2.75) is 58.0 Å². The van der Waals surface area contributed by atoms with Crippen LogP contribution in [0.2, 0.25) is 0 Å². The van der Waals surface area contributed by atoms with Gasteiger partial charge in [0, 0.05) is 24.3 Å². The molecule has 1 saturated carbocycles. The maximum atomic E-state index is 6.06. The molecule has 1 aliphatic rings. The van der Waals surface area contributed by atoms with Crippen molar-refractivity contribution in [3.05, 3.63) is 29.8 Å². The average molecular weight is 246 g/mol. The van der Waals surface area contributed by atoms with Crippen LogP contribution in [0.25, 0.3) is 0 Å². The van der Waals surface area contributed by atoms with Crippen LogP contribution < -0.4 is 10.6 Å². The lowest BCUT2D eigenvalue weighted by Crippen LogP contribution is -2.26. The second-order valence-corrected chi connectivity index (χ2v) is 5.38. The predicted molar refractivity (Wildman–Crippen MR) is 78.9 cm³/mol. The minimum absolute atomic E-state index is 0.184. The Morgan fingerprint density at radius 2 is 1.89 bits per heavy atom. The van der Waals surface area contributed by atoms with Crippen LogP contribution >= 0.6 is 0 Å². The van der Waals surface area contributed by atoms with Gasteiger partial charge in [0.05, 0.1) is 0 Å². The van der Waals surface area contributed by atoms with Gasteiger partial charge in [0.15, 0.2) is 0 Å². The molecule has 1 atom stereocenters. The Kier molecular flexibility index (Phi) is 4.65. The van der Waals surface area contributed by atoms with Gasteiger partial charge in [-0.1, -0.05) is 32.4 Å². The van der Waals surface area contributed by atoms with Crippen molar-refractivity contribution in [2.75, 3.05) is 11.4 Å². The second-order valence-electron chi connectivity index (χ2n) is 5.38. The summed E-state index contributed by atoms with van der Waals surface area (Å²) < 4.78 is 0. The highest BCUT2D eigenvalue weighted by Crippen LogP contribution is 2.32. The smallest absolute Gasteiger partial charge is 0.0368 e. The van der Waals surface area contributed by atoms with Crippen molar-refractivity contribution >= 4 is 5.69 Å². The summed E-state index contributed by atoms with van der Waals surface area (Å²) in [5, 5.41) is 0. The Labute approximate surface area is 111 Å². The summed E-state index contributed by atoms with van der Waals surface area (Å²) in [6.45, 7) is 5.59. The Morgan fingerprint density at radius 1 is 1.22 bits per heavy atom. The number of rotatable bonds is 7. The number of hydrogen-bond acceptors (Lipinski definition) is 2. The second kappa shape index (κ2) is 6.24. The van der Waals surface area contributed by atoms with Gasteiger partial charge in [-0.25, -0.2) is 0 Å².